The van der Waals surface area contributed by atoms with Crippen LogP contribution in [0, 0.1) is 6.92 Å². The molecular weight excluding hydrogens is 368 g/mol. The number of nitrogens with zero attached hydrogens (tertiary/aromatic N) is 1. The molecule has 0 unspecified atom stereocenters. The van der Waals surface area contributed by atoms with E-state index in [9.17, 15) is 9.59 Å². The van der Waals surface area contributed by atoms with Crippen molar-refractivity contribution in [3.63, 3.8) is 0 Å². The summed E-state index contributed by atoms with van der Waals surface area (Å²) in [7, 11) is 1.57. The van der Waals surface area contributed by atoms with E-state index in [1.807, 2.05) is 49.4 Å². The highest BCUT2D eigenvalue weighted by Crippen LogP contribution is 2.22. The zero-order valence-electron chi connectivity index (χ0n) is 15.2. The Labute approximate surface area is 163 Å². The fourth-order valence-corrected chi connectivity index (χ4v) is 3.44. The number of hydrogen-bond donors (Lipinski definition) is 1. The Balaban J connectivity index is 2.13. The van der Waals surface area contributed by atoms with E-state index in [0.29, 0.717) is 11.6 Å². The van der Waals surface area contributed by atoms with E-state index in [-0.39, 0.29) is 17.6 Å². The predicted octanol–water partition coefficient (Wildman–Crippen LogP) is 3.90. The first-order valence-electron chi connectivity index (χ1n) is 8.36. The first-order valence-corrected chi connectivity index (χ1v) is 9.72. The van der Waals surface area contributed by atoms with Crippen LogP contribution in [0.3, 0.4) is 0 Å². The third-order valence-corrected chi connectivity index (χ3v) is 5.46. The summed E-state index contributed by atoms with van der Waals surface area (Å²) in [6.45, 7) is 4.04. The quantitative estimate of drug-likeness (QED) is 0.729. The van der Waals surface area contributed by atoms with Gasteiger partial charge >= 0.3 is 0 Å². The van der Waals surface area contributed by atoms with Crippen LogP contribution < -0.4 is 5.32 Å². The van der Waals surface area contributed by atoms with Crippen molar-refractivity contribution >= 4 is 35.2 Å². The molecule has 0 fully saturated rings. The van der Waals surface area contributed by atoms with Crippen molar-refractivity contribution in [3.05, 3.63) is 64.7 Å². The highest BCUT2D eigenvalue weighted by molar-refractivity contribution is 8.00. The van der Waals surface area contributed by atoms with Crippen LogP contribution in [0.4, 0.5) is 0 Å². The Morgan fingerprint density at radius 1 is 1.15 bits per heavy atom. The summed E-state index contributed by atoms with van der Waals surface area (Å²) < 4.78 is 0. The van der Waals surface area contributed by atoms with Crippen molar-refractivity contribution in [2.24, 2.45) is 0 Å². The van der Waals surface area contributed by atoms with E-state index in [2.05, 4.69) is 5.32 Å². The second-order valence-corrected chi connectivity index (χ2v) is 7.46. The molecule has 0 aromatic heterocycles. The Morgan fingerprint density at radius 2 is 1.81 bits per heavy atom. The molecule has 2 aromatic rings. The maximum atomic E-state index is 12.8. The van der Waals surface area contributed by atoms with E-state index < -0.39 is 6.04 Å². The molecule has 0 saturated heterocycles. The molecule has 0 spiro atoms. The first-order chi connectivity index (χ1) is 12.4. The molecule has 2 aromatic carbocycles. The SMILES string of the molecule is CNC(=O)[C@H](C)N(Cc1ccccc1Cl)C(=O)CSc1ccc(C)cc1. The molecule has 2 rings (SSSR count). The highest BCUT2D eigenvalue weighted by Gasteiger charge is 2.26. The number of halogens is 1. The molecule has 2 amide bonds. The molecule has 0 saturated carbocycles. The van der Waals surface area contributed by atoms with Crippen molar-refractivity contribution in [1.82, 2.24) is 10.2 Å². The average molecular weight is 391 g/mol. The molecule has 6 heteroatoms. The maximum Gasteiger partial charge on any atom is 0.242 e. The summed E-state index contributed by atoms with van der Waals surface area (Å²) in [5.74, 6) is -0.0492. The predicted molar refractivity (Wildman–Crippen MR) is 107 cm³/mol. The van der Waals surface area contributed by atoms with Crippen molar-refractivity contribution in [3.8, 4) is 0 Å². The average Bonchev–Trinajstić information content (AvgIpc) is 2.65. The van der Waals surface area contributed by atoms with Gasteiger partial charge in [0.25, 0.3) is 0 Å². The van der Waals surface area contributed by atoms with Crippen molar-refractivity contribution < 1.29 is 9.59 Å². The standard InChI is InChI=1S/C20H23ClN2O2S/c1-14-8-10-17(11-9-14)26-13-19(24)23(15(2)20(25)22-3)12-16-6-4-5-7-18(16)21/h4-11,15H,12-13H2,1-3H3,(H,22,25)/t15-/m0/s1. The number of carbonyl (C=O) groups is 2. The Kier molecular flexibility index (Phi) is 7.54. The van der Waals surface area contributed by atoms with Gasteiger partial charge in [-0.2, -0.15) is 0 Å². The molecule has 0 aliphatic rings. The van der Waals surface area contributed by atoms with Gasteiger partial charge in [-0.1, -0.05) is 47.5 Å². The van der Waals surface area contributed by atoms with Crippen molar-refractivity contribution in [2.45, 2.75) is 31.3 Å². The third kappa shape index (κ3) is 5.51. The zero-order valence-corrected chi connectivity index (χ0v) is 16.7. The van der Waals surface area contributed by atoms with Crippen LogP contribution in [-0.2, 0) is 16.1 Å². The molecule has 26 heavy (non-hydrogen) atoms. The van der Waals surface area contributed by atoms with Crippen LogP contribution in [0.5, 0.6) is 0 Å². The minimum absolute atomic E-state index is 0.105. The second-order valence-electron chi connectivity index (χ2n) is 6.01. The molecule has 1 atom stereocenters. The van der Waals surface area contributed by atoms with Gasteiger partial charge in [-0.3, -0.25) is 9.59 Å². The van der Waals surface area contributed by atoms with Gasteiger partial charge in [-0.05, 0) is 37.6 Å². The Morgan fingerprint density at radius 3 is 2.42 bits per heavy atom. The Bertz CT molecular complexity index is 765. The van der Waals surface area contributed by atoms with E-state index in [4.69, 9.17) is 11.6 Å². The zero-order chi connectivity index (χ0) is 19.1. The fraction of sp³-hybridized carbons (Fsp3) is 0.300. The topological polar surface area (TPSA) is 49.4 Å². The molecule has 0 radical (unpaired) electrons. The highest BCUT2D eigenvalue weighted by atomic mass is 35.5. The number of aryl methyl sites for hydroxylation is 1. The number of thioether (sulfide) groups is 1. The molecular formula is C20H23ClN2O2S. The molecule has 1 N–H and O–H groups in total. The number of carbonyl (C=O) groups excluding carboxylic acids is 2. The van der Waals surface area contributed by atoms with Gasteiger partial charge in [0.15, 0.2) is 0 Å². The smallest absolute Gasteiger partial charge is 0.242 e. The van der Waals surface area contributed by atoms with Gasteiger partial charge in [0, 0.05) is 23.5 Å². The summed E-state index contributed by atoms with van der Waals surface area (Å²) >= 11 is 7.70. The van der Waals surface area contributed by atoms with Gasteiger partial charge in [-0.25, -0.2) is 0 Å². The van der Waals surface area contributed by atoms with Crippen molar-refractivity contribution in [1.29, 1.82) is 0 Å². The third-order valence-electron chi connectivity index (χ3n) is 4.10. The molecule has 0 bridgehead atoms. The van der Waals surface area contributed by atoms with E-state index in [0.717, 1.165) is 10.5 Å². The summed E-state index contributed by atoms with van der Waals surface area (Å²) in [6.07, 6.45) is 0. The Hall–Kier alpha value is -1.98. The normalized spacial score (nSPS) is 11.7. The number of likely N-dealkylation sites (N-methyl/N-ethyl adjacent to an activating group) is 1. The summed E-state index contributed by atoms with van der Waals surface area (Å²) in [6, 6.07) is 14.8. The molecule has 0 aliphatic heterocycles. The first kappa shape index (κ1) is 20.3. The lowest BCUT2D eigenvalue weighted by Gasteiger charge is -2.28. The summed E-state index contributed by atoms with van der Waals surface area (Å²) in [4.78, 5) is 27.5. The number of hydrogen-bond acceptors (Lipinski definition) is 3. The minimum atomic E-state index is -0.581. The second kappa shape index (κ2) is 9.64. The van der Waals surface area contributed by atoms with Crippen LogP contribution in [0.2, 0.25) is 5.02 Å². The van der Waals surface area contributed by atoms with Gasteiger partial charge in [0.2, 0.25) is 11.8 Å². The van der Waals surface area contributed by atoms with Crippen LogP contribution in [0.25, 0.3) is 0 Å². The number of nitrogens with one attached hydrogen (secondary N) is 1. The van der Waals surface area contributed by atoms with Crippen LogP contribution in [-0.4, -0.2) is 35.6 Å². The van der Waals surface area contributed by atoms with Crippen LogP contribution >= 0.6 is 23.4 Å². The number of benzene rings is 2. The van der Waals surface area contributed by atoms with Crippen LogP contribution in [0.1, 0.15) is 18.1 Å². The monoisotopic (exact) mass is 390 g/mol. The van der Waals surface area contributed by atoms with Gasteiger partial charge in [-0.15, -0.1) is 11.8 Å². The molecule has 0 heterocycles. The lowest BCUT2D eigenvalue weighted by molar-refractivity contribution is -0.138. The largest absolute Gasteiger partial charge is 0.357 e. The van der Waals surface area contributed by atoms with Crippen molar-refractivity contribution in [2.75, 3.05) is 12.8 Å². The number of amides is 2. The summed E-state index contributed by atoms with van der Waals surface area (Å²) in [5, 5.41) is 3.19. The van der Waals surface area contributed by atoms with E-state index in [1.54, 1.807) is 24.9 Å². The van der Waals surface area contributed by atoms with Gasteiger partial charge in [0.1, 0.15) is 6.04 Å². The van der Waals surface area contributed by atoms with Crippen LogP contribution in [0.15, 0.2) is 53.4 Å². The van der Waals surface area contributed by atoms with Gasteiger partial charge in [0.05, 0.1) is 5.75 Å². The summed E-state index contributed by atoms with van der Waals surface area (Å²) in [5.41, 5.74) is 1.99. The molecule has 0 aliphatic carbocycles. The minimum Gasteiger partial charge on any atom is -0.357 e. The lowest BCUT2D eigenvalue weighted by Crippen LogP contribution is -2.47. The fourth-order valence-electron chi connectivity index (χ4n) is 2.46. The molecule has 4 nitrogen and oxygen atoms in total. The van der Waals surface area contributed by atoms with E-state index in [1.165, 1.54) is 17.3 Å². The lowest BCUT2D eigenvalue weighted by atomic mass is 10.1. The maximum absolute atomic E-state index is 12.8. The van der Waals surface area contributed by atoms with E-state index >= 15 is 0 Å². The number of rotatable bonds is 7. The molecule has 138 valence electrons. The van der Waals surface area contributed by atoms with Gasteiger partial charge < -0.3 is 10.2 Å².